The van der Waals surface area contributed by atoms with Crippen molar-refractivity contribution in [3.63, 3.8) is 0 Å². The molecular weight excluding hydrogens is 865 g/mol. The molecule has 12 heteroatoms. The molecule has 8 aromatic rings. The largest absolute Gasteiger partial charge is 0.497 e. The highest BCUT2D eigenvalue weighted by Gasteiger charge is 2.17. The Labute approximate surface area is 389 Å². The summed E-state index contributed by atoms with van der Waals surface area (Å²) in [5.41, 5.74) is 8.95. The monoisotopic (exact) mass is 902 g/mol. The molecule has 66 heavy (non-hydrogen) atoms. The number of carbonyl (C=O) groups is 2. The molecule has 2 aromatic heterocycles. The molecule has 0 aliphatic carbocycles. The summed E-state index contributed by atoms with van der Waals surface area (Å²) < 4.78 is 10.9. The molecule has 0 aliphatic rings. The molecule has 0 unspecified atom stereocenters. The summed E-state index contributed by atoms with van der Waals surface area (Å²) in [5.74, 6) is -0.989. The second kappa shape index (κ2) is 19.8. The van der Waals surface area contributed by atoms with E-state index in [0.717, 1.165) is 77.6 Å². The number of hydrogen-bond acceptors (Lipinski definition) is 10. The third-order valence-electron chi connectivity index (χ3n) is 10.6. The van der Waals surface area contributed by atoms with E-state index in [4.69, 9.17) is 9.47 Å². The van der Waals surface area contributed by atoms with Gasteiger partial charge in [0.1, 0.15) is 34.8 Å². The fourth-order valence-electron chi connectivity index (χ4n) is 7.25. The van der Waals surface area contributed by atoms with Gasteiger partial charge in [0, 0.05) is 53.6 Å². The quantitative estimate of drug-likeness (QED) is 0.0752. The summed E-state index contributed by atoms with van der Waals surface area (Å²) in [6, 6.07) is 59.8. The third kappa shape index (κ3) is 9.76. The number of carboxylic acid groups (broad SMARTS) is 2. The van der Waals surface area contributed by atoms with Crippen LogP contribution in [0.1, 0.15) is 9.75 Å². The molecule has 0 radical (unpaired) electrons. The van der Waals surface area contributed by atoms with Crippen LogP contribution >= 0.6 is 22.7 Å². The lowest BCUT2D eigenvalue weighted by atomic mass is 10.0. The summed E-state index contributed by atoms with van der Waals surface area (Å²) >= 11 is 2.80. The lowest BCUT2D eigenvalue weighted by Crippen LogP contribution is -2.10. The average molecular weight is 903 g/mol. The Balaban J connectivity index is 1.10. The van der Waals surface area contributed by atoms with E-state index in [1.165, 1.54) is 34.8 Å². The summed E-state index contributed by atoms with van der Waals surface area (Å²) in [4.78, 5) is 30.4. The van der Waals surface area contributed by atoms with Crippen molar-refractivity contribution in [2.45, 2.75) is 0 Å². The summed E-state index contributed by atoms with van der Waals surface area (Å²) in [5, 5.41) is 37.1. The number of methoxy groups -OCH3 is 2. The fraction of sp³-hybridized carbons (Fsp3) is 0.0370. The van der Waals surface area contributed by atoms with Gasteiger partial charge in [0.15, 0.2) is 0 Å². The zero-order valence-electron chi connectivity index (χ0n) is 35.5. The van der Waals surface area contributed by atoms with Gasteiger partial charge in [-0.3, -0.25) is 0 Å². The molecule has 6 aromatic carbocycles. The SMILES string of the molecule is COc1ccc(N(c2ccc(OC)cc2)c2ccc(-c3ccc(N(c4ccc(-c5ccc(/C=C(\C#N)C(=O)O)s5)cc4)c4ccc(-c5ccc(/C=C(\C#N)C(=O)O)s5)cc4)cc3)cc2)cc1. The normalized spacial score (nSPS) is 11.3. The molecule has 8 rings (SSSR count). The number of nitrogens with zero attached hydrogens (tertiary/aromatic N) is 4. The highest BCUT2D eigenvalue weighted by Crippen LogP contribution is 2.41. The van der Waals surface area contributed by atoms with Gasteiger partial charge in [0.05, 0.1) is 14.2 Å². The molecule has 0 fully saturated rings. The van der Waals surface area contributed by atoms with Crippen molar-refractivity contribution >= 4 is 80.9 Å². The maximum atomic E-state index is 11.4. The van der Waals surface area contributed by atoms with Crippen LogP contribution in [0.25, 0.3) is 44.2 Å². The van der Waals surface area contributed by atoms with Crippen LogP contribution in [0.2, 0.25) is 0 Å². The van der Waals surface area contributed by atoms with Gasteiger partial charge in [0.25, 0.3) is 0 Å². The Bertz CT molecular complexity index is 2990. The van der Waals surface area contributed by atoms with Crippen molar-refractivity contribution in [2.75, 3.05) is 24.0 Å². The van der Waals surface area contributed by atoms with E-state index in [9.17, 15) is 30.3 Å². The third-order valence-corrected chi connectivity index (χ3v) is 12.8. The van der Waals surface area contributed by atoms with Crippen molar-refractivity contribution in [3.05, 3.63) is 191 Å². The minimum absolute atomic E-state index is 0.327. The van der Waals surface area contributed by atoms with E-state index in [2.05, 4.69) is 58.3 Å². The van der Waals surface area contributed by atoms with E-state index in [0.29, 0.717) is 9.75 Å². The maximum absolute atomic E-state index is 11.4. The van der Waals surface area contributed by atoms with Crippen molar-refractivity contribution in [1.29, 1.82) is 10.5 Å². The number of ether oxygens (including phenoxy) is 2. The summed E-state index contributed by atoms with van der Waals surface area (Å²) in [6.45, 7) is 0. The molecular formula is C54H38N4O6S2. The van der Waals surface area contributed by atoms with E-state index < -0.39 is 11.9 Å². The Hall–Kier alpha value is -8.68. The molecule has 322 valence electrons. The average Bonchev–Trinajstić information content (AvgIpc) is 4.04. The number of nitriles is 2. The number of anilines is 6. The number of aliphatic carboxylic acids is 2. The molecule has 0 bridgehead atoms. The highest BCUT2D eigenvalue weighted by molar-refractivity contribution is 7.16. The van der Waals surface area contributed by atoms with Crippen molar-refractivity contribution in [1.82, 2.24) is 0 Å². The molecule has 2 heterocycles. The minimum atomic E-state index is -1.27. The number of carboxylic acids is 2. The van der Waals surface area contributed by atoms with Crippen LogP contribution in [-0.2, 0) is 9.59 Å². The van der Waals surface area contributed by atoms with Gasteiger partial charge in [-0.15, -0.1) is 22.7 Å². The zero-order chi connectivity index (χ0) is 46.2. The Morgan fingerprint density at radius 3 is 0.970 bits per heavy atom. The van der Waals surface area contributed by atoms with Crippen LogP contribution in [0.3, 0.4) is 0 Å². The standard InChI is InChI=1S/C54H38N4O6S2/c1-63-47-23-19-45(20-24-47)58(46-21-25-48(64-2)26-22-46)42-13-5-36(6-14-42)35-3-11-41(12-4-35)57(43-15-7-37(8-16-43)51-29-27-49(65-51)31-39(33-55)53(59)60)44-17-9-38(10-18-44)52-30-28-50(66-52)32-40(34-56)54(61)62/h3-32H,1-2H3,(H,59,60)(H,61,62)/b39-31+,40-32+. The first kappa shape index (κ1) is 43.9. The second-order valence-electron chi connectivity index (χ2n) is 14.6. The van der Waals surface area contributed by atoms with Crippen LogP contribution in [-0.4, -0.2) is 36.4 Å². The maximum Gasteiger partial charge on any atom is 0.346 e. The number of rotatable bonds is 15. The topological polar surface area (TPSA) is 147 Å². The smallest absolute Gasteiger partial charge is 0.346 e. The van der Waals surface area contributed by atoms with Crippen LogP contribution in [0.5, 0.6) is 11.5 Å². The van der Waals surface area contributed by atoms with Crippen molar-refractivity contribution in [3.8, 4) is 55.6 Å². The molecule has 0 aliphatic heterocycles. The second-order valence-corrected chi connectivity index (χ2v) is 16.8. The van der Waals surface area contributed by atoms with Gasteiger partial charge in [-0.1, -0.05) is 48.5 Å². The molecule has 10 nitrogen and oxygen atoms in total. The first-order valence-electron chi connectivity index (χ1n) is 20.3. The van der Waals surface area contributed by atoms with Crippen LogP contribution in [0, 0.1) is 22.7 Å². The number of hydrogen-bond donors (Lipinski definition) is 2. The van der Waals surface area contributed by atoms with Gasteiger partial charge < -0.3 is 29.5 Å². The van der Waals surface area contributed by atoms with Gasteiger partial charge in [-0.2, -0.15) is 10.5 Å². The van der Waals surface area contributed by atoms with Gasteiger partial charge in [-0.25, -0.2) is 9.59 Å². The molecule has 0 spiro atoms. The first-order chi connectivity index (χ1) is 32.1. The molecule has 0 amide bonds. The van der Waals surface area contributed by atoms with E-state index in [-0.39, 0.29) is 11.1 Å². The Kier molecular flexibility index (Phi) is 13.2. The lowest BCUT2D eigenvalue weighted by Gasteiger charge is -2.26. The molecule has 0 atom stereocenters. The van der Waals surface area contributed by atoms with Crippen LogP contribution < -0.4 is 19.3 Å². The van der Waals surface area contributed by atoms with Crippen LogP contribution in [0.15, 0.2) is 181 Å². The number of thiophene rings is 2. The Morgan fingerprint density at radius 2 is 0.712 bits per heavy atom. The minimum Gasteiger partial charge on any atom is -0.497 e. The predicted molar refractivity (Wildman–Crippen MR) is 263 cm³/mol. The Morgan fingerprint density at radius 1 is 0.439 bits per heavy atom. The van der Waals surface area contributed by atoms with Gasteiger partial charge in [0.2, 0.25) is 0 Å². The predicted octanol–water partition coefficient (Wildman–Crippen LogP) is 13.8. The van der Waals surface area contributed by atoms with Gasteiger partial charge in [-0.05, 0) is 156 Å². The van der Waals surface area contributed by atoms with Crippen molar-refractivity contribution in [2.24, 2.45) is 0 Å². The summed E-state index contributed by atoms with van der Waals surface area (Å²) in [6.07, 6.45) is 2.75. The molecule has 0 saturated heterocycles. The summed E-state index contributed by atoms with van der Waals surface area (Å²) in [7, 11) is 3.31. The zero-order valence-corrected chi connectivity index (χ0v) is 37.1. The van der Waals surface area contributed by atoms with Crippen molar-refractivity contribution < 1.29 is 29.3 Å². The fourth-order valence-corrected chi connectivity index (χ4v) is 9.17. The van der Waals surface area contributed by atoms with E-state index in [1.54, 1.807) is 38.5 Å². The molecule has 0 saturated carbocycles. The first-order valence-corrected chi connectivity index (χ1v) is 22.0. The lowest BCUT2D eigenvalue weighted by molar-refractivity contribution is -0.133. The van der Waals surface area contributed by atoms with E-state index in [1.807, 2.05) is 109 Å². The number of benzene rings is 6. The van der Waals surface area contributed by atoms with Crippen LogP contribution in [0.4, 0.5) is 34.1 Å². The molecule has 2 N–H and O–H groups in total. The van der Waals surface area contributed by atoms with E-state index >= 15 is 0 Å². The highest BCUT2D eigenvalue weighted by atomic mass is 32.1. The van der Waals surface area contributed by atoms with Gasteiger partial charge >= 0.3 is 11.9 Å².